The minimum absolute atomic E-state index is 0.305. The van der Waals surface area contributed by atoms with Crippen LogP contribution in [-0.2, 0) is 0 Å². The van der Waals surface area contributed by atoms with Gasteiger partial charge in [0.05, 0.1) is 5.56 Å². The molecule has 0 radical (unpaired) electrons. The lowest BCUT2D eigenvalue weighted by molar-refractivity contribution is 0.419. The topological polar surface area (TPSA) is 64.9 Å². The van der Waals surface area contributed by atoms with Gasteiger partial charge in [-0.05, 0) is 30.9 Å². The predicted molar refractivity (Wildman–Crippen MR) is 70.0 cm³/mol. The summed E-state index contributed by atoms with van der Waals surface area (Å²) in [4.78, 5) is 4.48. The van der Waals surface area contributed by atoms with Crippen LogP contribution < -0.4 is 5.73 Å². The van der Waals surface area contributed by atoms with E-state index in [1.54, 1.807) is 0 Å². The van der Waals surface area contributed by atoms with E-state index in [9.17, 15) is 0 Å². The van der Waals surface area contributed by atoms with Crippen LogP contribution in [-0.4, -0.2) is 10.1 Å². The Balaban J connectivity index is 1.96. The van der Waals surface area contributed by atoms with E-state index in [0.29, 0.717) is 22.9 Å². The lowest BCUT2D eigenvalue weighted by Crippen LogP contribution is -1.93. The highest BCUT2D eigenvalue weighted by Crippen LogP contribution is 2.57. The number of benzene rings is 1. The van der Waals surface area contributed by atoms with Crippen molar-refractivity contribution in [2.75, 3.05) is 5.73 Å². The zero-order chi connectivity index (χ0) is 12.9. The Morgan fingerprint density at radius 3 is 2.78 bits per heavy atom. The number of hydrogen-bond acceptors (Lipinski definition) is 4. The van der Waals surface area contributed by atoms with Gasteiger partial charge in [0.25, 0.3) is 5.89 Å². The van der Waals surface area contributed by atoms with E-state index >= 15 is 0 Å². The summed E-state index contributed by atoms with van der Waals surface area (Å²) in [5.74, 6) is 1.74. The van der Waals surface area contributed by atoms with Gasteiger partial charge in [-0.2, -0.15) is 4.98 Å². The van der Waals surface area contributed by atoms with E-state index in [1.807, 2.05) is 25.1 Å². The summed E-state index contributed by atoms with van der Waals surface area (Å²) in [6.45, 7) is 6.45. The van der Waals surface area contributed by atoms with Gasteiger partial charge >= 0.3 is 0 Å². The number of hydrogen-bond donors (Lipinski definition) is 1. The highest BCUT2D eigenvalue weighted by atomic mass is 16.5. The third-order valence-corrected chi connectivity index (χ3v) is 3.71. The molecule has 0 amide bonds. The van der Waals surface area contributed by atoms with Crippen molar-refractivity contribution in [2.45, 2.75) is 33.1 Å². The summed E-state index contributed by atoms with van der Waals surface area (Å²) in [6.07, 6.45) is 1.12. The van der Waals surface area contributed by atoms with Crippen LogP contribution in [0.2, 0.25) is 0 Å². The number of anilines is 1. The largest absolute Gasteiger partial charge is 0.398 e. The van der Waals surface area contributed by atoms with Crippen LogP contribution in [0.5, 0.6) is 0 Å². The van der Waals surface area contributed by atoms with E-state index < -0.39 is 0 Å². The first-order chi connectivity index (χ1) is 8.47. The first-order valence-corrected chi connectivity index (χ1v) is 6.17. The molecule has 94 valence electrons. The van der Waals surface area contributed by atoms with Crippen LogP contribution in [0.15, 0.2) is 22.7 Å². The molecule has 18 heavy (non-hydrogen) atoms. The van der Waals surface area contributed by atoms with E-state index in [4.69, 9.17) is 10.3 Å². The van der Waals surface area contributed by atoms with Gasteiger partial charge in [-0.15, -0.1) is 0 Å². The van der Waals surface area contributed by atoms with E-state index in [1.165, 1.54) is 0 Å². The molecule has 0 bridgehead atoms. The zero-order valence-corrected chi connectivity index (χ0v) is 10.9. The van der Waals surface area contributed by atoms with Gasteiger partial charge in [-0.3, -0.25) is 0 Å². The van der Waals surface area contributed by atoms with E-state index in [0.717, 1.165) is 23.4 Å². The number of nitrogens with two attached hydrogens (primary N) is 1. The highest BCUT2D eigenvalue weighted by Gasteiger charge is 2.49. The molecule has 1 aromatic heterocycles. The lowest BCUT2D eigenvalue weighted by Gasteiger charge is -2.01. The standard InChI is InChI=1S/C14H17N3O/c1-8-4-5-11(15)9(6-8)13-16-12(17-18-13)10-7-14(10,2)3/h4-6,10H,7,15H2,1-3H3. The molecule has 4 nitrogen and oxygen atoms in total. The van der Waals surface area contributed by atoms with Gasteiger partial charge in [-0.1, -0.05) is 30.6 Å². The molecule has 3 rings (SSSR count). The molecule has 1 fully saturated rings. The second kappa shape index (κ2) is 3.57. The van der Waals surface area contributed by atoms with Crippen molar-refractivity contribution in [3.05, 3.63) is 29.6 Å². The van der Waals surface area contributed by atoms with Crippen LogP contribution in [0.4, 0.5) is 5.69 Å². The Labute approximate surface area is 106 Å². The van der Waals surface area contributed by atoms with Gasteiger partial charge in [-0.25, -0.2) is 0 Å². The molecule has 1 heterocycles. The number of aryl methyl sites for hydroxylation is 1. The van der Waals surface area contributed by atoms with Gasteiger partial charge < -0.3 is 10.3 Å². The molecule has 1 saturated carbocycles. The molecule has 0 spiro atoms. The number of aromatic nitrogens is 2. The Hall–Kier alpha value is -1.84. The second-order valence-electron chi connectivity index (χ2n) is 5.79. The molecule has 1 atom stereocenters. The molecule has 0 saturated heterocycles. The molecule has 1 unspecified atom stereocenters. The summed E-state index contributed by atoms with van der Waals surface area (Å²) in [5, 5.41) is 4.08. The molecule has 4 heteroatoms. The quantitative estimate of drug-likeness (QED) is 0.823. The maximum absolute atomic E-state index is 5.95. The second-order valence-corrected chi connectivity index (χ2v) is 5.79. The average molecular weight is 243 g/mol. The SMILES string of the molecule is Cc1ccc(N)c(-c2nc(C3CC3(C)C)no2)c1. The van der Waals surface area contributed by atoms with Gasteiger partial charge in [0.15, 0.2) is 5.82 Å². The fraction of sp³-hybridized carbons (Fsp3) is 0.429. The third kappa shape index (κ3) is 1.78. The van der Waals surface area contributed by atoms with Crippen LogP contribution in [0.3, 0.4) is 0 Å². The van der Waals surface area contributed by atoms with Crippen molar-refractivity contribution in [1.82, 2.24) is 10.1 Å². The molecule has 2 aromatic rings. The summed E-state index contributed by atoms with van der Waals surface area (Å²) in [7, 11) is 0. The number of nitrogens with zero attached hydrogens (tertiary/aromatic N) is 2. The van der Waals surface area contributed by atoms with E-state index in [2.05, 4.69) is 24.0 Å². The van der Waals surface area contributed by atoms with Gasteiger partial charge in [0.1, 0.15) is 0 Å². The normalized spacial score (nSPS) is 20.9. The number of rotatable bonds is 2. The fourth-order valence-corrected chi connectivity index (χ4v) is 2.25. The summed E-state index contributed by atoms with van der Waals surface area (Å²) >= 11 is 0. The van der Waals surface area contributed by atoms with Crippen molar-refractivity contribution >= 4 is 5.69 Å². The van der Waals surface area contributed by atoms with Crippen molar-refractivity contribution < 1.29 is 4.52 Å². The minimum atomic E-state index is 0.305. The van der Waals surface area contributed by atoms with E-state index in [-0.39, 0.29) is 0 Å². The first kappa shape index (κ1) is 11.3. The lowest BCUT2D eigenvalue weighted by atomic mass is 10.1. The Bertz CT molecular complexity index is 601. The highest BCUT2D eigenvalue weighted by molar-refractivity contribution is 5.71. The minimum Gasteiger partial charge on any atom is -0.398 e. The summed E-state index contributed by atoms with van der Waals surface area (Å²) < 4.78 is 5.34. The maximum atomic E-state index is 5.95. The molecule has 1 aliphatic carbocycles. The summed E-state index contributed by atoms with van der Waals surface area (Å²) in [5.41, 5.74) is 8.88. The van der Waals surface area contributed by atoms with Crippen molar-refractivity contribution in [2.24, 2.45) is 5.41 Å². The average Bonchev–Trinajstić information content (AvgIpc) is 2.77. The van der Waals surface area contributed by atoms with Gasteiger partial charge in [0, 0.05) is 11.6 Å². The Morgan fingerprint density at radius 2 is 2.11 bits per heavy atom. The third-order valence-electron chi connectivity index (χ3n) is 3.71. The Kier molecular flexibility index (Phi) is 2.24. The smallest absolute Gasteiger partial charge is 0.260 e. The molecule has 2 N–H and O–H groups in total. The van der Waals surface area contributed by atoms with Crippen LogP contribution in [0, 0.1) is 12.3 Å². The van der Waals surface area contributed by atoms with Crippen molar-refractivity contribution in [1.29, 1.82) is 0 Å². The predicted octanol–water partition coefficient (Wildman–Crippen LogP) is 3.14. The van der Waals surface area contributed by atoms with Crippen molar-refractivity contribution in [3.8, 4) is 11.5 Å². The molecular weight excluding hydrogens is 226 g/mol. The zero-order valence-electron chi connectivity index (χ0n) is 10.9. The molecule has 1 aromatic carbocycles. The first-order valence-electron chi connectivity index (χ1n) is 6.17. The monoisotopic (exact) mass is 243 g/mol. The summed E-state index contributed by atoms with van der Waals surface area (Å²) in [6, 6.07) is 5.82. The van der Waals surface area contributed by atoms with Crippen LogP contribution >= 0.6 is 0 Å². The van der Waals surface area contributed by atoms with Crippen LogP contribution in [0.25, 0.3) is 11.5 Å². The molecule has 1 aliphatic rings. The van der Waals surface area contributed by atoms with Gasteiger partial charge in [0.2, 0.25) is 0 Å². The molecular formula is C14H17N3O. The van der Waals surface area contributed by atoms with Crippen molar-refractivity contribution in [3.63, 3.8) is 0 Å². The Morgan fingerprint density at radius 1 is 1.39 bits per heavy atom. The molecule has 0 aliphatic heterocycles. The maximum Gasteiger partial charge on any atom is 0.260 e. The van der Waals surface area contributed by atoms with Crippen LogP contribution in [0.1, 0.15) is 37.6 Å². The number of nitrogen functional groups attached to an aromatic ring is 1. The fourth-order valence-electron chi connectivity index (χ4n) is 2.25.